The Labute approximate surface area is 70.8 Å². The van der Waals surface area contributed by atoms with Crippen molar-refractivity contribution < 1.29 is 0 Å². The van der Waals surface area contributed by atoms with Gasteiger partial charge in [-0.1, -0.05) is 27.2 Å². The fourth-order valence-corrected chi connectivity index (χ4v) is 2.20. The molecule has 1 nitrogen and oxygen atoms in total. The lowest BCUT2D eigenvalue weighted by molar-refractivity contribution is 0.258. The normalized spacial score (nSPS) is 33.0. The number of hydrogen-bond donors (Lipinski definition) is 0. The molecule has 1 heteroatoms. The maximum atomic E-state index is 2.63. The summed E-state index contributed by atoms with van der Waals surface area (Å²) in [4.78, 5) is 2.63. The van der Waals surface area contributed by atoms with Crippen LogP contribution in [-0.2, 0) is 0 Å². The van der Waals surface area contributed by atoms with Gasteiger partial charge in [-0.15, -0.1) is 0 Å². The van der Waals surface area contributed by atoms with Crippen LogP contribution in [0.1, 0.15) is 40.0 Å². The van der Waals surface area contributed by atoms with Crippen molar-refractivity contribution in [1.82, 2.24) is 4.90 Å². The molecule has 0 aromatic rings. The molecule has 2 unspecified atom stereocenters. The topological polar surface area (TPSA) is 3.24 Å². The molecule has 1 heterocycles. The van der Waals surface area contributed by atoms with E-state index in [1.54, 1.807) is 0 Å². The fourth-order valence-electron chi connectivity index (χ4n) is 2.20. The lowest BCUT2D eigenvalue weighted by Crippen LogP contribution is -2.28. The second-order valence-electron chi connectivity index (χ2n) is 3.66. The summed E-state index contributed by atoms with van der Waals surface area (Å²) in [5, 5.41) is 0. The maximum Gasteiger partial charge on any atom is 0.00957 e. The van der Waals surface area contributed by atoms with Crippen molar-refractivity contribution in [1.29, 1.82) is 0 Å². The Morgan fingerprint density at radius 2 is 1.91 bits per heavy atom. The highest BCUT2D eigenvalue weighted by molar-refractivity contribution is 4.82. The third kappa shape index (κ3) is 1.96. The molecule has 0 amide bonds. The minimum atomic E-state index is 0.893. The minimum Gasteiger partial charge on any atom is -0.300 e. The molecule has 0 bridgehead atoms. The zero-order valence-electron chi connectivity index (χ0n) is 8.14. The Bertz CT molecular complexity index is 99.4. The van der Waals surface area contributed by atoms with Crippen LogP contribution in [0.4, 0.5) is 0 Å². The molecular formula is C10H21N. The molecule has 1 rings (SSSR count). The molecule has 2 atom stereocenters. The van der Waals surface area contributed by atoms with Gasteiger partial charge < -0.3 is 4.90 Å². The van der Waals surface area contributed by atoms with Gasteiger partial charge in [0.15, 0.2) is 0 Å². The van der Waals surface area contributed by atoms with Crippen molar-refractivity contribution in [2.75, 3.05) is 13.1 Å². The molecule has 0 aliphatic carbocycles. The van der Waals surface area contributed by atoms with Crippen LogP contribution in [0, 0.1) is 5.92 Å². The predicted molar refractivity (Wildman–Crippen MR) is 49.7 cm³/mol. The first kappa shape index (κ1) is 9.05. The van der Waals surface area contributed by atoms with E-state index in [0.717, 1.165) is 12.0 Å². The number of rotatable bonds is 3. The first-order chi connectivity index (χ1) is 5.31. The highest BCUT2D eigenvalue weighted by Crippen LogP contribution is 2.26. The van der Waals surface area contributed by atoms with E-state index in [2.05, 4.69) is 25.7 Å². The van der Waals surface area contributed by atoms with Gasteiger partial charge in [0.05, 0.1) is 0 Å². The molecule has 11 heavy (non-hydrogen) atoms. The molecule has 1 fully saturated rings. The summed E-state index contributed by atoms with van der Waals surface area (Å²) in [5.74, 6) is 0.986. The van der Waals surface area contributed by atoms with Crippen molar-refractivity contribution >= 4 is 0 Å². The number of likely N-dealkylation sites (tertiary alicyclic amines) is 1. The van der Waals surface area contributed by atoms with Gasteiger partial charge in [-0.3, -0.25) is 0 Å². The SMILES string of the molecule is CCC1CC(CC)N(CC)C1. The van der Waals surface area contributed by atoms with Gasteiger partial charge in [-0.2, -0.15) is 0 Å². The van der Waals surface area contributed by atoms with Crippen LogP contribution < -0.4 is 0 Å². The standard InChI is InChI=1S/C10H21N/c1-4-9-7-10(5-2)11(6-3)8-9/h9-10H,4-8H2,1-3H3. The second-order valence-corrected chi connectivity index (χ2v) is 3.66. The summed E-state index contributed by atoms with van der Waals surface area (Å²) >= 11 is 0. The van der Waals surface area contributed by atoms with Crippen molar-refractivity contribution in [3.63, 3.8) is 0 Å². The van der Waals surface area contributed by atoms with Gasteiger partial charge in [-0.05, 0) is 25.3 Å². The van der Waals surface area contributed by atoms with Crippen molar-refractivity contribution in [3.05, 3.63) is 0 Å². The van der Waals surface area contributed by atoms with Gasteiger partial charge in [0.1, 0.15) is 0 Å². The van der Waals surface area contributed by atoms with E-state index >= 15 is 0 Å². The molecule has 0 N–H and O–H groups in total. The molecule has 0 aromatic carbocycles. The molecule has 0 radical (unpaired) electrons. The maximum absolute atomic E-state index is 2.63. The van der Waals surface area contributed by atoms with E-state index < -0.39 is 0 Å². The fraction of sp³-hybridized carbons (Fsp3) is 1.00. The molecule has 1 saturated heterocycles. The van der Waals surface area contributed by atoms with E-state index in [9.17, 15) is 0 Å². The van der Waals surface area contributed by atoms with Crippen molar-refractivity contribution in [2.24, 2.45) is 5.92 Å². The summed E-state index contributed by atoms with van der Waals surface area (Å²) in [7, 11) is 0. The van der Waals surface area contributed by atoms with Crippen LogP contribution in [0.15, 0.2) is 0 Å². The Morgan fingerprint density at radius 1 is 1.18 bits per heavy atom. The molecule has 1 aliphatic rings. The molecule has 66 valence electrons. The first-order valence-corrected chi connectivity index (χ1v) is 5.05. The summed E-state index contributed by atoms with van der Waals surface area (Å²) < 4.78 is 0. The average Bonchev–Trinajstić information content (AvgIpc) is 2.46. The average molecular weight is 155 g/mol. The third-order valence-corrected chi connectivity index (χ3v) is 3.07. The van der Waals surface area contributed by atoms with E-state index in [-0.39, 0.29) is 0 Å². The summed E-state index contributed by atoms with van der Waals surface area (Å²) in [6.07, 6.45) is 4.15. The molecule has 0 spiro atoms. The molecular weight excluding hydrogens is 134 g/mol. The minimum absolute atomic E-state index is 0.893. The Balaban J connectivity index is 2.41. The largest absolute Gasteiger partial charge is 0.300 e. The van der Waals surface area contributed by atoms with Gasteiger partial charge in [0.2, 0.25) is 0 Å². The molecule has 0 saturated carbocycles. The van der Waals surface area contributed by atoms with E-state index in [4.69, 9.17) is 0 Å². The lowest BCUT2D eigenvalue weighted by atomic mass is 10.0. The van der Waals surface area contributed by atoms with Crippen molar-refractivity contribution in [2.45, 2.75) is 46.1 Å². The Morgan fingerprint density at radius 3 is 2.27 bits per heavy atom. The number of hydrogen-bond acceptors (Lipinski definition) is 1. The zero-order valence-corrected chi connectivity index (χ0v) is 8.14. The van der Waals surface area contributed by atoms with Crippen LogP contribution in [0.25, 0.3) is 0 Å². The Kier molecular flexibility index (Phi) is 3.38. The van der Waals surface area contributed by atoms with Gasteiger partial charge in [0.25, 0.3) is 0 Å². The quantitative estimate of drug-likeness (QED) is 0.605. The van der Waals surface area contributed by atoms with Gasteiger partial charge >= 0.3 is 0 Å². The molecule has 0 aromatic heterocycles. The van der Waals surface area contributed by atoms with E-state index in [0.29, 0.717) is 0 Å². The monoisotopic (exact) mass is 155 g/mol. The third-order valence-electron chi connectivity index (χ3n) is 3.07. The Hall–Kier alpha value is -0.0400. The predicted octanol–water partition coefficient (Wildman–Crippen LogP) is 2.52. The number of nitrogens with zero attached hydrogens (tertiary/aromatic N) is 1. The highest BCUT2D eigenvalue weighted by atomic mass is 15.2. The van der Waals surface area contributed by atoms with Crippen LogP contribution in [0.3, 0.4) is 0 Å². The van der Waals surface area contributed by atoms with E-state index in [1.807, 2.05) is 0 Å². The summed E-state index contributed by atoms with van der Waals surface area (Å²) in [6, 6.07) is 0.893. The summed E-state index contributed by atoms with van der Waals surface area (Å²) in [5.41, 5.74) is 0. The first-order valence-electron chi connectivity index (χ1n) is 5.05. The molecule has 1 aliphatic heterocycles. The van der Waals surface area contributed by atoms with Gasteiger partial charge in [-0.25, -0.2) is 0 Å². The smallest absolute Gasteiger partial charge is 0.00957 e. The van der Waals surface area contributed by atoms with Gasteiger partial charge in [0, 0.05) is 12.6 Å². The summed E-state index contributed by atoms with van der Waals surface area (Å²) in [6.45, 7) is 9.50. The highest BCUT2D eigenvalue weighted by Gasteiger charge is 2.27. The van der Waals surface area contributed by atoms with Crippen LogP contribution in [-0.4, -0.2) is 24.0 Å². The van der Waals surface area contributed by atoms with E-state index in [1.165, 1.54) is 32.4 Å². The van der Waals surface area contributed by atoms with Crippen LogP contribution in [0.5, 0.6) is 0 Å². The van der Waals surface area contributed by atoms with Crippen LogP contribution >= 0.6 is 0 Å². The van der Waals surface area contributed by atoms with Crippen molar-refractivity contribution in [3.8, 4) is 0 Å². The lowest BCUT2D eigenvalue weighted by Gasteiger charge is -2.20. The second kappa shape index (κ2) is 4.10. The zero-order chi connectivity index (χ0) is 8.27. The van der Waals surface area contributed by atoms with Crippen LogP contribution in [0.2, 0.25) is 0 Å².